The lowest BCUT2D eigenvalue weighted by Crippen LogP contribution is -2.47. The summed E-state index contributed by atoms with van der Waals surface area (Å²) >= 11 is 1.76. The second-order valence-electron chi connectivity index (χ2n) is 4.39. The smallest absolute Gasteiger partial charge is 0.238 e. The van der Waals surface area contributed by atoms with Gasteiger partial charge in [0.1, 0.15) is 0 Å². The molecule has 0 aromatic carbocycles. The molecule has 0 saturated carbocycles. The minimum absolute atomic E-state index is 0.0139. The Morgan fingerprint density at radius 3 is 3.20 bits per heavy atom. The zero-order chi connectivity index (χ0) is 10.7. The van der Waals surface area contributed by atoms with Crippen LogP contribution in [-0.2, 0) is 9.53 Å². The SMILES string of the molecule is CC1(CNC(=O)[C@H]2CSCN2)CCCO1. The lowest BCUT2D eigenvalue weighted by atomic mass is 10.0. The van der Waals surface area contributed by atoms with Crippen LogP contribution < -0.4 is 10.6 Å². The van der Waals surface area contributed by atoms with E-state index in [1.54, 1.807) is 11.8 Å². The van der Waals surface area contributed by atoms with Crippen LogP contribution in [-0.4, -0.2) is 42.3 Å². The number of carbonyl (C=O) groups excluding carboxylic acids is 1. The van der Waals surface area contributed by atoms with E-state index in [0.29, 0.717) is 6.54 Å². The minimum atomic E-state index is -0.137. The van der Waals surface area contributed by atoms with Crippen molar-refractivity contribution in [3.8, 4) is 0 Å². The molecule has 2 N–H and O–H groups in total. The molecule has 0 radical (unpaired) electrons. The Morgan fingerprint density at radius 2 is 2.60 bits per heavy atom. The summed E-state index contributed by atoms with van der Waals surface area (Å²) in [4.78, 5) is 11.7. The first kappa shape index (κ1) is 11.2. The molecule has 15 heavy (non-hydrogen) atoms. The Balaban J connectivity index is 1.74. The van der Waals surface area contributed by atoms with Crippen LogP contribution in [0.3, 0.4) is 0 Å². The number of hydrogen-bond acceptors (Lipinski definition) is 4. The van der Waals surface area contributed by atoms with Crippen molar-refractivity contribution in [2.75, 3.05) is 24.8 Å². The van der Waals surface area contributed by atoms with E-state index in [1.165, 1.54) is 0 Å². The van der Waals surface area contributed by atoms with Crippen molar-refractivity contribution >= 4 is 17.7 Å². The Bertz CT molecular complexity index is 236. The van der Waals surface area contributed by atoms with E-state index in [4.69, 9.17) is 4.74 Å². The molecular formula is C10H18N2O2S. The van der Waals surface area contributed by atoms with Gasteiger partial charge < -0.3 is 10.1 Å². The summed E-state index contributed by atoms with van der Waals surface area (Å²) in [5.74, 6) is 1.87. The van der Waals surface area contributed by atoms with Crippen molar-refractivity contribution in [2.45, 2.75) is 31.4 Å². The van der Waals surface area contributed by atoms with E-state index >= 15 is 0 Å². The van der Waals surface area contributed by atoms with Crippen LogP contribution in [0.25, 0.3) is 0 Å². The molecule has 2 saturated heterocycles. The van der Waals surface area contributed by atoms with Crippen LogP contribution in [0.5, 0.6) is 0 Å². The number of thioether (sulfide) groups is 1. The van der Waals surface area contributed by atoms with Gasteiger partial charge in [-0.2, -0.15) is 0 Å². The van der Waals surface area contributed by atoms with E-state index in [0.717, 1.165) is 31.1 Å². The molecule has 2 atom stereocenters. The fourth-order valence-corrected chi connectivity index (χ4v) is 2.88. The standard InChI is InChI=1S/C10H18N2O2S/c1-10(3-2-4-14-10)6-11-9(13)8-5-15-7-12-8/h8,12H,2-7H2,1H3,(H,11,13)/t8-,10?/m1/s1. The molecule has 86 valence electrons. The average Bonchev–Trinajstić information content (AvgIpc) is 2.85. The maximum Gasteiger partial charge on any atom is 0.238 e. The van der Waals surface area contributed by atoms with Crippen molar-refractivity contribution < 1.29 is 9.53 Å². The summed E-state index contributed by atoms with van der Waals surface area (Å²) in [6.45, 7) is 3.52. The minimum Gasteiger partial charge on any atom is -0.373 e. The van der Waals surface area contributed by atoms with Gasteiger partial charge in [-0.3, -0.25) is 10.1 Å². The lowest BCUT2D eigenvalue weighted by Gasteiger charge is -2.24. The third kappa shape index (κ3) is 2.86. The van der Waals surface area contributed by atoms with E-state index in [2.05, 4.69) is 17.6 Å². The Labute approximate surface area is 94.5 Å². The van der Waals surface area contributed by atoms with Crippen LogP contribution in [0.4, 0.5) is 0 Å². The van der Waals surface area contributed by atoms with Gasteiger partial charge in [-0.05, 0) is 19.8 Å². The number of amides is 1. The summed E-state index contributed by atoms with van der Waals surface area (Å²) in [5.41, 5.74) is -0.137. The molecule has 1 unspecified atom stereocenters. The maximum atomic E-state index is 11.7. The molecule has 4 nitrogen and oxygen atoms in total. The molecular weight excluding hydrogens is 212 g/mol. The van der Waals surface area contributed by atoms with E-state index in [1.807, 2.05) is 0 Å². The number of ether oxygens (including phenoxy) is 1. The predicted molar refractivity (Wildman–Crippen MR) is 60.8 cm³/mol. The number of rotatable bonds is 3. The van der Waals surface area contributed by atoms with E-state index in [-0.39, 0.29) is 17.6 Å². The highest BCUT2D eigenvalue weighted by Gasteiger charge is 2.31. The largest absolute Gasteiger partial charge is 0.373 e. The molecule has 2 aliphatic heterocycles. The number of nitrogens with one attached hydrogen (secondary N) is 2. The Morgan fingerprint density at radius 1 is 1.73 bits per heavy atom. The summed E-state index contributed by atoms with van der Waals surface area (Å²) in [5, 5.41) is 6.12. The van der Waals surface area contributed by atoms with Crippen molar-refractivity contribution in [1.82, 2.24) is 10.6 Å². The number of carbonyl (C=O) groups is 1. The first-order chi connectivity index (χ1) is 7.20. The van der Waals surface area contributed by atoms with Gasteiger partial charge in [0.25, 0.3) is 0 Å². The van der Waals surface area contributed by atoms with Crippen molar-refractivity contribution in [1.29, 1.82) is 0 Å². The zero-order valence-corrected chi connectivity index (χ0v) is 9.86. The third-order valence-electron chi connectivity index (χ3n) is 2.97. The summed E-state index contributed by atoms with van der Waals surface area (Å²) < 4.78 is 5.61. The van der Waals surface area contributed by atoms with Gasteiger partial charge in [0.2, 0.25) is 5.91 Å². The van der Waals surface area contributed by atoms with Gasteiger partial charge in [0.05, 0.1) is 11.6 Å². The first-order valence-electron chi connectivity index (χ1n) is 5.42. The molecule has 0 aromatic heterocycles. The molecule has 5 heteroatoms. The molecule has 2 rings (SSSR count). The van der Waals surface area contributed by atoms with Gasteiger partial charge >= 0.3 is 0 Å². The van der Waals surface area contributed by atoms with Crippen LogP contribution >= 0.6 is 11.8 Å². The highest BCUT2D eigenvalue weighted by molar-refractivity contribution is 7.99. The molecule has 0 spiro atoms. The van der Waals surface area contributed by atoms with Crippen LogP contribution in [0, 0.1) is 0 Å². The van der Waals surface area contributed by atoms with Gasteiger partial charge in [0.15, 0.2) is 0 Å². The predicted octanol–water partition coefficient (Wildman–Crippen LogP) is 0.334. The maximum absolute atomic E-state index is 11.7. The molecule has 0 bridgehead atoms. The summed E-state index contributed by atoms with van der Waals surface area (Å²) in [6, 6.07) is -0.0139. The van der Waals surface area contributed by atoms with Crippen LogP contribution in [0.1, 0.15) is 19.8 Å². The second-order valence-corrected chi connectivity index (χ2v) is 5.42. The Hall–Kier alpha value is -0.260. The Kier molecular flexibility index (Phi) is 3.53. The van der Waals surface area contributed by atoms with Gasteiger partial charge in [-0.15, -0.1) is 11.8 Å². The highest BCUT2D eigenvalue weighted by Crippen LogP contribution is 2.23. The fourth-order valence-electron chi connectivity index (χ4n) is 1.94. The third-order valence-corrected chi connectivity index (χ3v) is 3.91. The molecule has 0 aromatic rings. The highest BCUT2D eigenvalue weighted by atomic mass is 32.2. The van der Waals surface area contributed by atoms with Crippen molar-refractivity contribution in [3.05, 3.63) is 0 Å². The van der Waals surface area contributed by atoms with Gasteiger partial charge in [-0.25, -0.2) is 0 Å². The zero-order valence-electron chi connectivity index (χ0n) is 9.04. The van der Waals surface area contributed by atoms with E-state index in [9.17, 15) is 4.79 Å². The van der Waals surface area contributed by atoms with Gasteiger partial charge in [0, 0.05) is 24.8 Å². The second kappa shape index (κ2) is 4.72. The molecule has 1 amide bonds. The fraction of sp³-hybridized carbons (Fsp3) is 0.900. The lowest BCUT2D eigenvalue weighted by molar-refractivity contribution is -0.123. The molecule has 2 fully saturated rings. The topological polar surface area (TPSA) is 50.4 Å². The normalized spacial score (nSPS) is 35.7. The molecule has 2 aliphatic rings. The first-order valence-corrected chi connectivity index (χ1v) is 6.58. The summed E-state index contributed by atoms with van der Waals surface area (Å²) in [7, 11) is 0. The quantitative estimate of drug-likeness (QED) is 0.734. The van der Waals surface area contributed by atoms with Gasteiger partial charge in [-0.1, -0.05) is 0 Å². The monoisotopic (exact) mass is 230 g/mol. The van der Waals surface area contributed by atoms with Crippen molar-refractivity contribution in [2.24, 2.45) is 0 Å². The molecule has 2 heterocycles. The van der Waals surface area contributed by atoms with Crippen molar-refractivity contribution in [3.63, 3.8) is 0 Å². The number of hydrogen-bond donors (Lipinski definition) is 2. The van der Waals surface area contributed by atoms with Crippen LogP contribution in [0.15, 0.2) is 0 Å². The molecule has 0 aliphatic carbocycles. The average molecular weight is 230 g/mol. The summed E-state index contributed by atoms with van der Waals surface area (Å²) in [6.07, 6.45) is 2.14. The van der Waals surface area contributed by atoms with E-state index < -0.39 is 0 Å². The van der Waals surface area contributed by atoms with Crippen LogP contribution in [0.2, 0.25) is 0 Å².